The van der Waals surface area contributed by atoms with E-state index in [1.807, 2.05) is 0 Å². The Morgan fingerprint density at radius 1 is 1.14 bits per heavy atom. The average Bonchev–Trinajstić information content (AvgIpc) is 2.30. The van der Waals surface area contributed by atoms with Crippen molar-refractivity contribution in [3.8, 4) is 0 Å². The molecule has 1 fully saturated rings. The first kappa shape index (κ1) is 11.3. The normalized spacial score (nSPS) is 21.3. The highest BCUT2D eigenvalue weighted by Gasteiger charge is 2.38. The van der Waals surface area contributed by atoms with Crippen LogP contribution in [0.5, 0.6) is 0 Å². The van der Waals surface area contributed by atoms with Crippen molar-refractivity contribution in [1.29, 1.82) is 0 Å². The van der Waals surface area contributed by atoms with Gasteiger partial charge >= 0.3 is 0 Å². The molecule has 1 aliphatic carbocycles. The first-order valence-electron chi connectivity index (χ1n) is 5.26. The van der Waals surface area contributed by atoms with Crippen LogP contribution in [0.1, 0.15) is 51.9 Å². The number of hydrogen-bond donors (Lipinski definition) is 0. The summed E-state index contributed by atoms with van der Waals surface area (Å²) >= 11 is 0. The second kappa shape index (κ2) is 4.67. The van der Waals surface area contributed by atoms with Gasteiger partial charge in [-0.1, -0.05) is 12.8 Å². The number of alkyl halides is 1. The largest absolute Gasteiger partial charge is 0.300 e. The molecular weight excluding hydrogens is 183 g/mol. The van der Waals surface area contributed by atoms with Gasteiger partial charge < -0.3 is 0 Å². The maximum absolute atomic E-state index is 14.1. The van der Waals surface area contributed by atoms with Gasteiger partial charge in [-0.3, -0.25) is 9.59 Å². The van der Waals surface area contributed by atoms with Crippen LogP contribution in [-0.2, 0) is 9.59 Å². The van der Waals surface area contributed by atoms with E-state index in [4.69, 9.17) is 0 Å². The molecule has 0 atom stereocenters. The van der Waals surface area contributed by atoms with E-state index < -0.39 is 11.5 Å². The van der Waals surface area contributed by atoms with Gasteiger partial charge in [-0.05, 0) is 32.6 Å². The number of carbonyl (C=O) groups is 2. The summed E-state index contributed by atoms with van der Waals surface area (Å²) in [5, 5.41) is 0. The molecule has 0 bridgehead atoms. The molecule has 0 unspecified atom stereocenters. The maximum Gasteiger partial charge on any atom is 0.177 e. The molecule has 0 spiro atoms. The summed E-state index contributed by atoms with van der Waals surface area (Å²) in [4.78, 5) is 22.2. The topological polar surface area (TPSA) is 34.1 Å². The van der Waals surface area contributed by atoms with E-state index >= 15 is 0 Å². The molecule has 1 rings (SSSR count). The zero-order valence-corrected chi connectivity index (χ0v) is 8.64. The number of Topliss-reactive ketones (excluding diaryl/α,β-unsaturated/α-hetero) is 2. The van der Waals surface area contributed by atoms with Crippen LogP contribution in [0.3, 0.4) is 0 Å². The quantitative estimate of drug-likeness (QED) is 0.518. The second-order valence-corrected chi connectivity index (χ2v) is 4.18. The van der Waals surface area contributed by atoms with Gasteiger partial charge in [-0.2, -0.15) is 0 Å². The lowest BCUT2D eigenvalue weighted by Crippen LogP contribution is -2.34. The Balaban J connectivity index is 2.61. The van der Waals surface area contributed by atoms with E-state index in [2.05, 4.69) is 0 Å². The highest BCUT2D eigenvalue weighted by molar-refractivity contribution is 6.02. The van der Waals surface area contributed by atoms with Crippen LogP contribution in [0.4, 0.5) is 4.39 Å². The molecule has 0 aromatic rings. The van der Waals surface area contributed by atoms with Crippen LogP contribution in [0.2, 0.25) is 0 Å². The van der Waals surface area contributed by atoms with E-state index in [1.165, 1.54) is 6.92 Å². The van der Waals surface area contributed by atoms with Crippen LogP contribution in [0.25, 0.3) is 0 Å². The van der Waals surface area contributed by atoms with E-state index in [0.717, 1.165) is 25.7 Å². The maximum atomic E-state index is 14.1. The minimum Gasteiger partial charge on any atom is -0.300 e. The number of ketones is 2. The van der Waals surface area contributed by atoms with Crippen molar-refractivity contribution in [3.63, 3.8) is 0 Å². The zero-order valence-electron chi connectivity index (χ0n) is 8.64. The Labute approximate surface area is 83.9 Å². The Kier molecular flexibility index (Phi) is 3.78. The zero-order chi connectivity index (χ0) is 10.6. The Morgan fingerprint density at radius 3 is 2.07 bits per heavy atom. The van der Waals surface area contributed by atoms with Crippen LogP contribution in [0.15, 0.2) is 0 Å². The third-order valence-corrected chi connectivity index (χ3v) is 2.81. The third kappa shape index (κ3) is 2.89. The monoisotopic (exact) mass is 200 g/mol. The van der Waals surface area contributed by atoms with Crippen LogP contribution in [0, 0.1) is 0 Å². The first-order valence-corrected chi connectivity index (χ1v) is 5.26. The highest BCUT2D eigenvalue weighted by atomic mass is 19.1. The van der Waals surface area contributed by atoms with Crippen molar-refractivity contribution in [2.45, 2.75) is 57.5 Å². The number of halogens is 1. The Morgan fingerprint density at radius 2 is 1.64 bits per heavy atom. The van der Waals surface area contributed by atoms with E-state index in [1.54, 1.807) is 0 Å². The van der Waals surface area contributed by atoms with Crippen LogP contribution >= 0.6 is 0 Å². The van der Waals surface area contributed by atoms with Crippen molar-refractivity contribution in [2.75, 3.05) is 0 Å². The minimum absolute atomic E-state index is 0.240. The second-order valence-electron chi connectivity index (χ2n) is 4.18. The molecule has 0 aliphatic heterocycles. The third-order valence-electron chi connectivity index (χ3n) is 2.81. The van der Waals surface area contributed by atoms with Gasteiger partial charge in [0.2, 0.25) is 0 Å². The van der Waals surface area contributed by atoms with Crippen molar-refractivity contribution >= 4 is 11.6 Å². The van der Waals surface area contributed by atoms with Gasteiger partial charge in [-0.15, -0.1) is 0 Å². The van der Waals surface area contributed by atoms with Gasteiger partial charge in [0.15, 0.2) is 11.5 Å². The molecule has 0 radical (unpaired) electrons. The molecule has 1 aliphatic rings. The number of hydrogen-bond acceptors (Lipinski definition) is 2. The van der Waals surface area contributed by atoms with Gasteiger partial charge in [0.1, 0.15) is 5.78 Å². The molecular formula is C11H17FO2. The van der Waals surface area contributed by atoms with E-state index in [0.29, 0.717) is 12.8 Å². The summed E-state index contributed by atoms with van der Waals surface area (Å²) in [5.74, 6) is -0.747. The van der Waals surface area contributed by atoms with Gasteiger partial charge in [0, 0.05) is 0 Å². The van der Waals surface area contributed by atoms with E-state index in [-0.39, 0.29) is 12.2 Å². The van der Waals surface area contributed by atoms with Crippen molar-refractivity contribution in [2.24, 2.45) is 0 Å². The molecule has 0 aromatic carbocycles. The Bertz CT molecular complexity index is 227. The Hall–Kier alpha value is -0.730. The lowest BCUT2D eigenvalue weighted by atomic mass is 9.89. The predicted molar refractivity (Wildman–Crippen MR) is 51.8 cm³/mol. The highest BCUT2D eigenvalue weighted by Crippen LogP contribution is 2.32. The first-order chi connectivity index (χ1) is 6.54. The molecule has 80 valence electrons. The summed E-state index contributed by atoms with van der Waals surface area (Å²) in [6.45, 7) is 1.33. The SMILES string of the molecule is CC(=O)CC(=O)C1(F)CCCCCC1. The lowest BCUT2D eigenvalue weighted by Gasteiger charge is -2.21. The van der Waals surface area contributed by atoms with Gasteiger partial charge in [0.05, 0.1) is 6.42 Å². The molecule has 1 saturated carbocycles. The standard InChI is InChI=1S/C11H17FO2/c1-9(13)8-10(14)11(12)6-4-2-3-5-7-11/h2-8H2,1H3. The molecule has 0 N–H and O–H groups in total. The number of rotatable bonds is 3. The average molecular weight is 200 g/mol. The predicted octanol–water partition coefficient (Wildman–Crippen LogP) is 2.60. The van der Waals surface area contributed by atoms with Crippen molar-refractivity contribution in [3.05, 3.63) is 0 Å². The minimum atomic E-state index is -1.71. The molecule has 3 heteroatoms. The smallest absolute Gasteiger partial charge is 0.177 e. The summed E-state index contributed by atoms with van der Waals surface area (Å²) in [6, 6.07) is 0. The fraction of sp³-hybridized carbons (Fsp3) is 0.818. The van der Waals surface area contributed by atoms with E-state index in [9.17, 15) is 14.0 Å². The summed E-state index contributed by atoms with van der Waals surface area (Å²) in [6.07, 6.45) is 3.90. The van der Waals surface area contributed by atoms with Gasteiger partial charge in [0.25, 0.3) is 0 Å². The molecule has 0 aromatic heterocycles. The molecule has 0 amide bonds. The van der Waals surface area contributed by atoms with Crippen molar-refractivity contribution < 1.29 is 14.0 Å². The molecule has 2 nitrogen and oxygen atoms in total. The summed E-state index contributed by atoms with van der Waals surface area (Å²) in [7, 11) is 0. The molecule has 0 saturated heterocycles. The van der Waals surface area contributed by atoms with Crippen LogP contribution < -0.4 is 0 Å². The van der Waals surface area contributed by atoms with Crippen molar-refractivity contribution in [1.82, 2.24) is 0 Å². The molecule has 0 heterocycles. The fourth-order valence-corrected chi connectivity index (χ4v) is 1.95. The fourth-order valence-electron chi connectivity index (χ4n) is 1.95. The number of carbonyl (C=O) groups excluding carboxylic acids is 2. The van der Waals surface area contributed by atoms with Crippen LogP contribution in [-0.4, -0.2) is 17.2 Å². The van der Waals surface area contributed by atoms with Gasteiger partial charge in [-0.25, -0.2) is 4.39 Å². The summed E-state index contributed by atoms with van der Waals surface area (Å²) < 4.78 is 14.1. The summed E-state index contributed by atoms with van der Waals surface area (Å²) in [5.41, 5.74) is -1.71. The lowest BCUT2D eigenvalue weighted by molar-refractivity contribution is -0.135. The molecule has 14 heavy (non-hydrogen) atoms.